The Morgan fingerprint density at radius 1 is 0.765 bits per heavy atom. The van der Waals surface area contributed by atoms with Crippen LogP contribution in [0.25, 0.3) is 27.3 Å². The summed E-state index contributed by atoms with van der Waals surface area (Å²) >= 11 is 0. The number of benzene rings is 1. The summed E-state index contributed by atoms with van der Waals surface area (Å²) in [6, 6.07) is 16.8. The molecule has 0 bridgehead atoms. The van der Waals surface area contributed by atoms with Gasteiger partial charge in [-0.15, -0.1) is 0 Å². The number of hydrogen-bond acceptors (Lipinski definition) is 0. The van der Waals surface area contributed by atoms with Crippen LogP contribution in [-0.2, 0) is 0 Å². The third kappa shape index (κ3) is 1.12. The van der Waals surface area contributed by atoms with Crippen LogP contribution in [0.2, 0.25) is 0 Å². The van der Waals surface area contributed by atoms with E-state index in [-0.39, 0.29) is 0 Å². The topological polar surface area (TPSA) is 19.9 Å². The first-order valence-corrected chi connectivity index (χ1v) is 5.73. The minimum atomic E-state index is 1.19. The van der Waals surface area contributed by atoms with Crippen molar-refractivity contribution in [3.8, 4) is 0 Å². The van der Waals surface area contributed by atoms with Crippen molar-refractivity contribution in [1.29, 1.82) is 0 Å². The summed E-state index contributed by atoms with van der Waals surface area (Å²) in [5.41, 5.74) is 3.61. The molecule has 0 aliphatic heterocycles. The van der Waals surface area contributed by atoms with Gasteiger partial charge < -0.3 is 4.98 Å². The fraction of sp³-hybridized carbons (Fsp3) is 0. The van der Waals surface area contributed by atoms with Crippen molar-refractivity contribution in [2.45, 2.75) is 0 Å². The Kier molecular flexibility index (Phi) is 1.59. The van der Waals surface area contributed by atoms with Crippen molar-refractivity contribution in [2.24, 2.45) is 0 Å². The molecule has 0 aliphatic rings. The van der Waals surface area contributed by atoms with Gasteiger partial charge in [-0.05, 0) is 12.1 Å². The summed E-state index contributed by atoms with van der Waals surface area (Å²) < 4.78 is 2.14. The first-order chi connectivity index (χ1) is 8.43. The highest BCUT2D eigenvalue weighted by Crippen LogP contribution is 2.25. The molecule has 17 heavy (non-hydrogen) atoms. The number of pyridine rings is 2. The maximum Gasteiger partial charge on any atom is 0.234 e. The first-order valence-electron chi connectivity index (χ1n) is 5.73. The van der Waals surface area contributed by atoms with E-state index in [2.05, 4.69) is 64.2 Å². The highest BCUT2D eigenvalue weighted by molar-refractivity contribution is 6.10. The van der Waals surface area contributed by atoms with Crippen LogP contribution in [0.3, 0.4) is 0 Å². The zero-order chi connectivity index (χ0) is 11.2. The lowest BCUT2D eigenvalue weighted by Crippen LogP contribution is -2.19. The number of nitrogens with one attached hydrogen (secondary N) is 1. The van der Waals surface area contributed by atoms with Gasteiger partial charge in [-0.25, -0.2) is 0 Å². The summed E-state index contributed by atoms with van der Waals surface area (Å²) in [6.45, 7) is 0. The van der Waals surface area contributed by atoms with Crippen molar-refractivity contribution >= 4 is 27.3 Å². The lowest BCUT2D eigenvalue weighted by atomic mass is 10.2. The normalized spacial score (nSPS) is 11.5. The smallest absolute Gasteiger partial charge is 0.234 e. The third-order valence-corrected chi connectivity index (χ3v) is 3.29. The van der Waals surface area contributed by atoms with Gasteiger partial charge in [-0.3, -0.25) is 0 Å². The zero-order valence-corrected chi connectivity index (χ0v) is 9.22. The molecule has 0 unspecified atom stereocenters. The highest BCUT2D eigenvalue weighted by atomic mass is 14.9. The lowest BCUT2D eigenvalue weighted by Gasteiger charge is -1.92. The molecule has 0 saturated heterocycles. The number of nitrogens with zero attached hydrogens (tertiary/aromatic N) is 1. The molecule has 0 spiro atoms. The van der Waals surface area contributed by atoms with Gasteiger partial charge in [0.15, 0.2) is 12.4 Å². The molecular weight excluding hydrogens is 208 g/mol. The second kappa shape index (κ2) is 3.08. The van der Waals surface area contributed by atoms with Gasteiger partial charge in [0.2, 0.25) is 5.52 Å². The monoisotopic (exact) mass is 219 g/mol. The number of aromatic amines is 1. The maximum absolute atomic E-state index is 3.50. The van der Waals surface area contributed by atoms with Crippen molar-refractivity contribution in [2.75, 3.05) is 0 Å². The largest absolute Gasteiger partial charge is 0.349 e. The number of aromatic nitrogens is 2. The predicted molar refractivity (Wildman–Crippen MR) is 69.0 cm³/mol. The molecule has 4 aromatic rings. The fourth-order valence-electron chi connectivity index (χ4n) is 2.49. The number of hydrogen-bond donors (Lipinski definition) is 1. The Morgan fingerprint density at radius 3 is 2.65 bits per heavy atom. The Morgan fingerprint density at radius 2 is 1.65 bits per heavy atom. The van der Waals surface area contributed by atoms with E-state index in [4.69, 9.17) is 0 Å². The minimum absolute atomic E-state index is 1.19. The Bertz CT molecular complexity index is 843. The van der Waals surface area contributed by atoms with Gasteiger partial charge in [0.25, 0.3) is 0 Å². The SMILES string of the molecule is c1ccc2c(c1)[nH]c1c2cc[n+]2ccccc12. The molecule has 0 aliphatic carbocycles. The van der Waals surface area contributed by atoms with Crippen LogP contribution in [0.1, 0.15) is 0 Å². The molecule has 1 N–H and O–H groups in total. The van der Waals surface area contributed by atoms with E-state index in [0.29, 0.717) is 0 Å². The van der Waals surface area contributed by atoms with Crippen LogP contribution in [-0.4, -0.2) is 4.98 Å². The van der Waals surface area contributed by atoms with E-state index in [1.165, 1.54) is 27.3 Å². The summed E-state index contributed by atoms with van der Waals surface area (Å²) in [5, 5.41) is 2.57. The molecule has 2 heteroatoms. The standard InChI is InChI=1S/C15H10N2/c1-2-6-13-11(5-1)12-8-10-17-9-4-3-7-14(17)15(12)16-13/h1-10H/p+1. The van der Waals surface area contributed by atoms with Gasteiger partial charge in [0.1, 0.15) is 5.52 Å². The van der Waals surface area contributed by atoms with Gasteiger partial charge in [-0.2, -0.15) is 4.40 Å². The van der Waals surface area contributed by atoms with E-state index in [0.717, 1.165) is 0 Å². The van der Waals surface area contributed by atoms with E-state index < -0.39 is 0 Å². The van der Waals surface area contributed by atoms with Gasteiger partial charge in [0, 0.05) is 34.5 Å². The Balaban J connectivity index is 2.34. The van der Waals surface area contributed by atoms with Crippen LogP contribution in [0, 0.1) is 0 Å². The molecule has 0 fully saturated rings. The van der Waals surface area contributed by atoms with Crippen LogP contribution >= 0.6 is 0 Å². The average Bonchev–Trinajstić information content (AvgIpc) is 2.78. The highest BCUT2D eigenvalue weighted by Gasteiger charge is 2.11. The van der Waals surface area contributed by atoms with Crippen LogP contribution in [0.4, 0.5) is 0 Å². The van der Waals surface area contributed by atoms with E-state index in [1.54, 1.807) is 0 Å². The summed E-state index contributed by atoms with van der Waals surface area (Å²) in [5.74, 6) is 0. The van der Waals surface area contributed by atoms with Crippen LogP contribution < -0.4 is 4.40 Å². The fourth-order valence-corrected chi connectivity index (χ4v) is 2.49. The average molecular weight is 219 g/mol. The molecule has 0 saturated carbocycles. The Hall–Kier alpha value is -2.35. The summed E-state index contributed by atoms with van der Waals surface area (Å²) in [4.78, 5) is 3.50. The summed E-state index contributed by atoms with van der Waals surface area (Å²) in [7, 11) is 0. The van der Waals surface area contributed by atoms with Gasteiger partial charge >= 0.3 is 0 Å². The molecule has 3 heterocycles. The second-order valence-electron chi connectivity index (χ2n) is 4.27. The van der Waals surface area contributed by atoms with Gasteiger partial charge in [-0.1, -0.05) is 18.2 Å². The summed E-state index contributed by atoms with van der Waals surface area (Å²) in [6.07, 6.45) is 4.18. The van der Waals surface area contributed by atoms with E-state index in [9.17, 15) is 0 Å². The number of fused-ring (bicyclic) bond motifs is 5. The Labute approximate surface area is 98.1 Å². The van der Waals surface area contributed by atoms with E-state index >= 15 is 0 Å². The quantitative estimate of drug-likeness (QED) is 0.439. The van der Waals surface area contributed by atoms with Crippen LogP contribution in [0.5, 0.6) is 0 Å². The lowest BCUT2D eigenvalue weighted by molar-refractivity contribution is -0.510. The maximum atomic E-state index is 3.50. The molecular formula is C15H11N2+. The number of para-hydroxylation sites is 1. The van der Waals surface area contributed by atoms with Crippen molar-refractivity contribution in [3.05, 3.63) is 60.9 Å². The van der Waals surface area contributed by atoms with Crippen molar-refractivity contribution < 1.29 is 4.40 Å². The third-order valence-electron chi connectivity index (χ3n) is 3.29. The molecule has 0 atom stereocenters. The zero-order valence-electron chi connectivity index (χ0n) is 9.22. The van der Waals surface area contributed by atoms with E-state index in [1.807, 2.05) is 6.07 Å². The molecule has 2 nitrogen and oxygen atoms in total. The van der Waals surface area contributed by atoms with Crippen LogP contribution in [0.15, 0.2) is 60.9 Å². The second-order valence-corrected chi connectivity index (χ2v) is 4.27. The molecule has 4 rings (SSSR count). The number of rotatable bonds is 0. The van der Waals surface area contributed by atoms with Crippen molar-refractivity contribution in [3.63, 3.8) is 0 Å². The molecule has 0 radical (unpaired) electrons. The molecule has 1 aromatic carbocycles. The minimum Gasteiger partial charge on any atom is -0.349 e. The molecule has 3 aromatic heterocycles. The number of H-pyrrole nitrogens is 1. The molecule has 80 valence electrons. The van der Waals surface area contributed by atoms with Crippen molar-refractivity contribution in [1.82, 2.24) is 4.98 Å². The van der Waals surface area contributed by atoms with Gasteiger partial charge in [0.05, 0.1) is 0 Å². The predicted octanol–water partition coefficient (Wildman–Crippen LogP) is 3.06. The molecule has 0 amide bonds. The first kappa shape index (κ1) is 8.76.